The second kappa shape index (κ2) is 8.41. The van der Waals surface area contributed by atoms with Gasteiger partial charge in [-0.2, -0.15) is 0 Å². The summed E-state index contributed by atoms with van der Waals surface area (Å²) in [7, 11) is -3.77. The minimum atomic E-state index is -3.77. The highest BCUT2D eigenvalue weighted by atomic mass is 35.5. The van der Waals surface area contributed by atoms with Gasteiger partial charge in [-0.05, 0) is 42.8 Å². The number of nitrogens with one attached hydrogen (secondary N) is 1. The van der Waals surface area contributed by atoms with Crippen LogP contribution in [0.3, 0.4) is 0 Å². The monoisotopic (exact) mass is 409 g/mol. The molecule has 0 aliphatic rings. The van der Waals surface area contributed by atoms with E-state index in [9.17, 15) is 18.0 Å². The molecule has 1 unspecified atom stereocenters. The third-order valence-corrected chi connectivity index (χ3v) is 5.22. The first kappa shape index (κ1) is 20.7. The van der Waals surface area contributed by atoms with Gasteiger partial charge in [0.25, 0.3) is 0 Å². The van der Waals surface area contributed by atoms with E-state index in [-0.39, 0.29) is 17.7 Å². The highest BCUT2D eigenvalue weighted by Crippen LogP contribution is 2.26. The molecule has 2 amide bonds. The van der Waals surface area contributed by atoms with Gasteiger partial charge in [-0.15, -0.1) is 0 Å². The molecule has 0 heterocycles. The highest BCUT2D eigenvalue weighted by molar-refractivity contribution is 7.92. The van der Waals surface area contributed by atoms with E-state index < -0.39 is 27.9 Å². The topological polar surface area (TPSA) is 110 Å². The lowest BCUT2D eigenvalue weighted by atomic mass is 10.1. The number of primary amides is 1. The zero-order valence-corrected chi connectivity index (χ0v) is 16.4. The molecule has 0 fully saturated rings. The smallest absolute Gasteiger partial charge is 0.248 e. The first-order valence-corrected chi connectivity index (χ1v) is 10.3. The molecule has 0 aromatic heterocycles. The van der Waals surface area contributed by atoms with Crippen LogP contribution in [0.1, 0.15) is 23.7 Å². The van der Waals surface area contributed by atoms with Crippen LogP contribution in [0, 0.1) is 0 Å². The fourth-order valence-corrected chi connectivity index (χ4v) is 4.04. The van der Waals surface area contributed by atoms with Crippen LogP contribution in [-0.4, -0.2) is 32.5 Å². The van der Waals surface area contributed by atoms with Gasteiger partial charge in [0.15, 0.2) is 0 Å². The number of anilines is 2. The summed E-state index contributed by atoms with van der Waals surface area (Å²) in [5.41, 5.74) is 6.11. The van der Waals surface area contributed by atoms with Crippen LogP contribution in [0.25, 0.3) is 0 Å². The summed E-state index contributed by atoms with van der Waals surface area (Å²) in [4.78, 5) is 24.1. The molecule has 144 valence electrons. The second-order valence-corrected chi connectivity index (χ2v) is 8.19. The van der Waals surface area contributed by atoms with Gasteiger partial charge in [0.2, 0.25) is 21.8 Å². The van der Waals surface area contributed by atoms with E-state index in [4.69, 9.17) is 17.3 Å². The van der Waals surface area contributed by atoms with E-state index in [0.29, 0.717) is 10.7 Å². The number of sulfonamides is 1. The lowest BCUT2D eigenvalue weighted by molar-refractivity contribution is -0.117. The molecule has 27 heavy (non-hydrogen) atoms. The fraction of sp³-hybridized carbons (Fsp3) is 0.222. The molecule has 0 radical (unpaired) electrons. The summed E-state index contributed by atoms with van der Waals surface area (Å²) in [6, 6.07) is 11.4. The summed E-state index contributed by atoms with van der Waals surface area (Å²) in [5, 5.41) is 2.99. The van der Waals surface area contributed by atoms with E-state index in [1.807, 2.05) is 0 Å². The van der Waals surface area contributed by atoms with Crippen LogP contribution in [0.4, 0.5) is 11.4 Å². The van der Waals surface area contributed by atoms with Gasteiger partial charge in [-0.25, -0.2) is 8.42 Å². The van der Waals surface area contributed by atoms with Gasteiger partial charge in [-0.1, -0.05) is 30.7 Å². The Bertz CT molecular complexity index is 963. The van der Waals surface area contributed by atoms with Crippen molar-refractivity contribution in [3.63, 3.8) is 0 Å². The number of hydrogen-bond acceptors (Lipinski definition) is 4. The third-order valence-electron chi connectivity index (χ3n) is 3.81. The fourth-order valence-electron chi connectivity index (χ4n) is 2.65. The average molecular weight is 410 g/mol. The number of rotatable bonds is 7. The number of benzene rings is 2. The van der Waals surface area contributed by atoms with Crippen molar-refractivity contribution in [2.45, 2.75) is 19.4 Å². The largest absolute Gasteiger partial charge is 0.366 e. The Morgan fingerprint density at radius 2 is 1.85 bits per heavy atom. The van der Waals surface area contributed by atoms with E-state index >= 15 is 0 Å². The summed E-state index contributed by atoms with van der Waals surface area (Å²) >= 11 is 5.98. The van der Waals surface area contributed by atoms with Crippen molar-refractivity contribution in [2.24, 2.45) is 5.73 Å². The van der Waals surface area contributed by atoms with Gasteiger partial charge in [0, 0.05) is 16.3 Å². The van der Waals surface area contributed by atoms with Gasteiger partial charge >= 0.3 is 0 Å². The third kappa shape index (κ3) is 5.21. The molecule has 0 aliphatic heterocycles. The summed E-state index contributed by atoms with van der Waals surface area (Å²) in [6.07, 6.45) is 1.25. The molecule has 0 aliphatic carbocycles. The van der Waals surface area contributed by atoms with Crippen LogP contribution in [0.2, 0.25) is 5.02 Å². The summed E-state index contributed by atoms with van der Waals surface area (Å²) < 4.78 is 25.8. The molecule has 0 saturated carbocycles. The zero-order chi connectivity index (χ0) is 20.2. The molecule has 0 bridgehead atoms. The minimum absolute atomic E-state index is 0.223. The van der Waals surface area contributed by atoms with Gasteiger partial charge in [0.05, 0.1) is 11.9 Å². The Morgan fingerprint density at radius 3 is 2.41 bits per heavy atom. The molecule has 9 heteroatoms. The predicted octanol–water partition coefficient (Wildman–Crippen LogP) is 2.62. The van der Waals surface area contributed by atoms with Crippen LogP contribution >= 0.6 is 11.6 Å². The van der Waals surface area contributed by atoms with Crippen molar-refractivity contribution in [3.05, 3.63) is 59.1 Å². The second-order valence-electron chi connectivity index (χ2n) is 5.90. The van der Waals surface area contributed by atoms with Gasteiger partial charge < -0.3 is 11.1 Å². The van der Waals surface area contributed by atoms with E-state index in [1.54, 1.807) is 37.3 Å². The molecule has 1 atom stereocenters. The lowest BCUT2D eigenvalue weighted by Crippen LogP contribution is -2.47. The number of amides is 2. The molecular weight excluding hydrogens is 390 g/mol. The minimum Gasteiger partial charge on any atom is -0.366 e. The maximum atomic E-state index is 12.8. The van der Waals surface area contributed by atoms with Crippen LogP contribution in [-0.2, 0) is 14.8 Å². The van der Waals surface area contributed by atoms with Gasteiger partial charge in [-0.3, -0.25) is 13.9 Å². The Kier molecular flexibility index (Phi) is 6.45. The number of nitrogens with zero attached hydrogens (tertiary/aromatic N) is 1. The van der Waals surface area contributed by atoms with Crippen molar-refractivity contribution in [1.29, 1.82) is 0 Å². The summed E-state index contributed by atoms with van der Waals surface area (Å²) in [5.74, 6) is -1.17. The molecule has 2 aromatic rings. The molecule has 3 N–H and O–H groups in total. The summed E-state index contributed by atoms with van der Waals surface area (Å²) in [6.45, 7) is 1.70. The van der Waals surface area contributed by atoms with E-state index in [2.05, 4.69) is 5.32 Å². The maximum Gasteiger partial charge on any atom is 0.248 e. The van der Waals surface area contributed by atoms with Crippen molar-refractivity contribution in [1.82, 2.24) is 0 Å². The zero-order valence-electron chi connectivity index (χ0n) is 14.8. The Morgan fingerprint density at radius 1 is 1.19 bits per heavy atom. The van der Waals surface area contributed by atoms with Crippen molar-refractivity contribution in [3.8, 4) is 0 Å². The number of carbonyl (C=O) groups excluding carboxylic acids is 2. The number of carbonyl (C=O) groups is 2. The lowest BCUT2D eigenvalue weighted by Gasteiger charge is -2.30. The first-order chi connectivity index (χ1) is 12.6. The highest BCUT2D eigenvalue weighted by Gasteiger charge is 2.31. The Balaban J connectivity index is 2.38. The number of nitrogens with two attached hydrogens (primary N) is 1. The molecule has 2 rings (SSSR count). The molecule has 0 saturated heterocycles. The quantitative estimate of drug-likeness (QED) is 0.732. The average Bonchev–Trinajstić information content (AvgIpc) is 2.58. The van der Waals surface area contributed by atoms with Gasteiger partial charge in [0.1, 0.15) is 6.04 Å². The van der Waals surface area contributed by atoms with Crippen LogP contribution in [0.15, 0.2) is 48.5 Å². The van der Waals surface area contributed by atoms with Crippen LogP contribution in [0.5, 0.6) is 0 Å². The Labute approximate surface area is 163 Å². The molecular formula is C18H20ClN3O4S. The SMILES string of the molecule is CCC(C(=O)Nc1cccc(C(N)=O)c1)N(c1cccc(Cl)c1)S(C)(=O)=O. The first-order valence-electron chi connectivity index (χ1n) is 8.09. The predicted molar refractivity (Wildman–Crippen MR) is 106 cm³/mol. The maximum absolute atomic E-state index is 12.8. The Hall–Kier alpha value is -2.58. The van der Waals surface area contributed by atoms with Crippen molar-refractivity contribution < 1.29 is 18.0 Å². The van der Waals surface area contributed by atoms with E-state index in [1.165, 1.54) is 18.2 Å². The van der Waals surface area contributed by atoms with Crippen LogP contribution < -0.4 is 15.4 Å². The number of hydrogen-bond donors (Lipinski definition) is 2. The molecule has 0 spiro atoms. The normalized spacial score (nSPS) is 12.3. The molecule has 2 aromatic carbocycles. The van der Waals surface area contributed by atoms with E-state index in [0.717, 1.165) is 10.6 Å². The molecule has 7 nitrogen and oxygen atoms in total. The number of halogens is 1. The van der Waals surface area contributed by atoms with Crippen molar-refractivity contribution in [2.75, 3.05) is 15.9 Å². The standard InChI is InChI=1S/C18H20ClN3O4S/c1-3-16(18(24)21-14-8-4-6-12(10-14)17(20)23)22(27(2,25)26)15-9-5-7-13(19)11-15/h4-11,16H,3H2,1-2H3,(H2,20,23)(H,21,24). The van der Waals surface area contributed by atoms with Crippen molar-refractivity contribution >= 4 is 44.8 Å².